The van der Waals surface area contributed by atoms with Crippen molar-refractivity contribution in [2.75, 3.05) is 133 Å². The van der Waals surface area contributed by atoms with Gasteiger partial charge in [0.2, 0.25) is 0 Å². The lowest BCUT2D eigenvalue weighted by molar-refractivity contribution is -0.114. The highest BCUT2D eigenvalue weighted by molar-refractivity contribution is 5.95. The molecule has 25 nitrogen and oxygen atoms in total. The molecule has 3 aromatic carbocycles. The highest BCUT2D eigenvalue weighted by Gasteiger charge is 2.18. The van der Waals surface area contributed by atoms with E-state index >= 15 is 0 Å². The van der Waals surface area contributed by atoms with Gasteiger partial charge in [0.05, 0.1) is 98.2 Å². The lowest BCUT2D eigenvalue weighted by Crippen LogP contribution is -2.46. The Morgan fingerprint density at radius 2 is 0.839 bits per heavy atom. The second-order valence-corrected chi connectivity index (χ2v) is 28.4. The monoisotopic (exact) mass is 1510 g/mol. The Bertz CT molecular complexity index is 4990. The number of allylic oxidation sites excluding steroid dienone is 1. The Kier molecular flexibility index (Phi) is 30.4. The summed E-state index contributed by atoms with van der Waals surface area (Å²) < 4.78 is 16.6. The van der Waals surface area contributed by atoms with E-state index in [1.54, 1.807) is 31.3 Å². The van der Waals surface area contributed by atoms with Crippen molar-refractivity contribution in [1.29, 1.82) is 0 Å². The van der Waals surface area contributed by atoms with Gasteiger partial charge in [-0.15, -0.1) is 0 Å². The van der Waals surface area contributed by atoms with E-state index in [2.05, 4.69) is 183 Å². The number of hydrogen-bond acceptors (Lipinski definition) is 25. The van der Waals surface area contributed by atoms with Gasteiger partial charge in [-0.3, -0.25) is 44.4 Å². The van der Waals surface area contributed by atoms with Crippen LogP contribution < -0.4 is 26.0 Å². The van der Waals surface area contributed by atoms with Crippen molar-refractivity contribution in [2.24, 2.45) is 0 Å². The topological polar surface area (TPSA) is 273 Å². The number of ketones is 1. The number of carbonyl (C=O) groups excluding carboxylic acids is 1. The lowest BCUT2D eigenvalue weighted by atomic mass is 10.1. The van der Waals surface area contributed by atoms with Crippen LogP contribution in [0.25, 0.3) is 43.6 Å². The Labute approximate surface area is 657 Å². The zero-order valence-electron chi connectivity index (χ0n) is 65.6. The first-order chi connectivity index (χ1) is 55.0. The van der Waals surface area contributed by atoms with Gasteiger partial charge in [-0.25, -0.2) is 39.9 Å². The van der Waals surface area contributed by atoms with Gasteiger partial charge >= 0.3 is 0 Å². The fraction of sp³-hybridized carbons (Fsp3) is 0.379. The second-order valence-electron chi connectivity index (χ2n) is 28.4. The van der Waals surface area contributed by atoms with Gasteiger partial charge in [-0.05, 0) is 182 Å². The smallest absolute Gasteiger partial charge is 0.161 e. The van der Waals surface area contributed by atoms with E-state index in [0.717, 1.165) is 256 Å². The third-order valence-corrected chi connectivity index (χ3v) is 19.5. The first-order valence-corrected chi connectivity index (χ1v) is 39.5. The molecule has 0 amide bonds. The zero-order valence-corrected chi connectivity index (χ0v) is 65.6. The molecule has 112 heavy (non-hydrogen) atoms. The van der Waals surface area contributed by atoms with E-state index in [0.29, 0.717) is 18.1 Å². The number of ether oxygens (including phenoxy) is 3. The maximum atomic E-state index is 12.5. The molecule has 0 atom stereocenters. The van der Waals surface area contributed by atoms with Crippen molar-refractivity contribution in [3.05, 3.63) is 217 Å². The van der Waals surface area contributed by atoms with Crippen LogP contribution in [0.1, 0.15) is 98.9 Å². The van der Waals surface area contributed by atoms with Crippen molar-refractivity contribution in [2.45, 2.75) is 106 Å². The molecule has 0 saturated carbocycles. The van der Waals surface area contributed by atoms with Gasteiger partial charge in [-0.2, -0.15) is 0 Å². The van der Waals surface area contributed by atoms with Crippen molar-refractivity contribution >= 4 is 95.4 Å². The SMILES string of the molecule is CCCCc1cc2c(Nc3cccc(C)c3)ncnc2cn1.CCCN1CCN(C/C=C/C(=O)Cc2cc3c(Nc4cccc(C)c4)ncnc3cn2)CC1.CCCOc1cccc(Nc2ncnc3cnc(CCCN4CCOCC4)cc23)c1.Cc1ccc(Nc2ncnc3cnc(CCCN4CCOCC4)cc23)cn1. The van der Waals surface area contributed by atoms with Crippen molar-refractivity contribution in [1.82, 2.24) is 84.4 Å². The number of rotatable bonds is 29. The van der Waals surface area contributed by atoms with Crippen molar-refractivity contribution < 1.29 is 19.0 Å². The van der Waals surface area contributed by atoms with E-state index in [1.807, 2.05) is 105 Å². The van der Waals surface area contributed by atoms with Gasteiger partial charge in [0.15, 0.2) is 5.78 Å². The molecule has 25 heteroatoms. The average molecular weight is 1510 g/mol. The summed E-state index contributed by atoms with van der Waals surface area (Å²) in [6, 6.07) is 36.5. The number of hydrogen-bond donors (Lipinski definition) is 4. The summed E-state index contributed by atoms with van der Waals surface area (Å²) in [5.74, 6) is 4.00. The molecule has 0 spiro atoms. The van der Waals surface area contributed by atoms with Crippen LogP contribution in [0.15, 0.2) is 178 Å². The van der Waals surface area contributed by atoms with Crippen LogP contribution in [-0.4, -0.2) is 202 Å². The predicted molar refractivity (Wildman–Crippen MR) is 447 cm³/mol. The van der Waals surface area contributed by atoms with Crippen molar-refractivity contribution in [3.63, 3.8) is 0 Å². The Morgan fingerprint density at radius 3 is 1.29 bits per heavy atom. The van der Waals surface area contributed by atoms with E-state index in [4.69, 9.17) is 14.2 Å². The quantitative estimate of drug-likeness (QED) is 0.0317. The van der Waals surface area contributed by atoms with E-state index in [1.165, 1.54) is 36.8 Å². The summed E-state index contributed by atoms with van der Waals surface area (Å²) in [7, 11) is 0. The minimum absolute atomic E-state index is 0.0523. The van der Waals surface area contributed by atoms with Gasteiger partial charge in [0, 0.05) is 132 Å². The second kappa shape index (κ2) is 42.4. The van der Waals surface area contributed by atoms with E-state index in [-0.39, 0.29) is 12.2 Å². The molecule has 0 bridgehead atoms. The molecule has 15 rings (SSSR count). The minimum atomic E-state index is 0.0523. The van der Waals surface area contributed by atoms with E-state index in [9.17, 15) is 4.79 Å². The predicted octanol–water partition coefficient (Wildman–Crippen LogP) is 14.8. The summed E-state index contributed by atoms with van der Waals surface area (Å²) in [5, 5.41) is 17.4. The molecule has 0 unspecified atom stereocenters. The third kappa shape index (κ3) is 24.7. The number of piperazine rings is 1. The number of morpholine rings is 2. The van der Waals surface area contributed by atoms with Crippen molar-refractivity contribution in [3.8, 4) is 5.75 Å². The van der Waals surface area contributed by atoms with Crippen LogP contribution in [0.5, 0.6) is 5.75 Å². The van der Waals surface area contributed by atoms with Gasteiger partial charge in [-0.1, -0.05) is 63.6 Å². The fourth-order valence-electron chi connectivity index (χ4n) is 13.4. The number of benzene rings is 3. The van der Waals surface area contributed by atoms with Crippen LogP contribution in [0, 0.1) is 20.8 Å². The molecule has 12 heterocycles. The molecule has 3 aliphatic rings. The first-order valence-electron chi connectivity index (χ1n) is 39.5. The molecule has 582 valence electrons. The summed E-state index contributed by atoms with van der Waals surface area (Å²) in [6.45, 7) is 29.2. The summed E-state index contributed by atoms with van der Waals surface area (Å²) in [5.41, 5.74) is 14.4. The zero-order chi connectivity index (χ0) is 77.5. The number of fused-ring (bicyclic) bond motifs is 4. The minimum Gasteiger partial charge on any atom is -0.494 e. The molecule has 3 aliphatic heterocycles. The molecule has 3 saturated heterocycles. The standard InChI is InChI=1S/C26H32N6O.C23H29N5O2.C20H24N6O.C18H20N4/c1-3-9-31-11-13-32(14-12-31)10-5-8-23(33)16-22-17-24-25(18-27-22)28-19-29-26(24)30-21-7-4-6-20(2)15-21;1-2-11-30-20-7-3-5-19(14-20)27-23-21-15-18(24-16-22(21)25-17-26-23)6-4-8-28-9-12-29-13-10-28;1-15-4-5-17(12-21-15)25-20-18-11-16(22-13-19(18)23-14-24-20)3-2-6-26-7-9-27-10-8-26;1-3-4-7-14-10-16-17(11-19-14)20-12-21-18(16)22-15-8-5-6-13(2)9-15/h4-8,15,17-19H,3,9-14,16H2,1-2H3,(H,28,29,30);3,5,7,14-17H,2,4,6,8-13H2,1H3,(H,25,26,27);4-5,11-14H,2-3,6-10H2,1H3,(H,23,24,25);5-6,8-12H,3-4,7H2,1-2H3,(H,20,21,22)/b8-5+;;;. The highest BCUT2D eigenvalue weighted by atomic mass is 16.5. The van der Waals surface area contributed by atoms with Gasteiger partial charge < -0.3 is 40.4 Å². The number of unbranched alkanes of at least 4 members (excludes halogenated alkanes) is 1. The molecular formula is C87H105N21O4. The third-order valence-electron chi connectivity index (χ3n) is 19.5. The lowest BCUT2D eigenvalue weighted by Gasteiger charge is -2.33. The summed E-state index contributed by atoms with van der Waals surface area (Å²) in [6.07, 6.45) is 28.7. The number of nitrogens with one attached hydrogen (secondary N) is 4. The number of pyridine rings is 5. The molecule has 0 aliphatic carbocycles. The molecule has 0 radical (unpaired) electrons. The summed E-state index contributed by atoms with van der Waals surface area (Å²) >= 11 is 0. The van der Waals surface area contributed by atoms with Crippen LogP contribution in [0.3, 0.4) is 0 Å². The van der Waals surface area contributed by atoms with Crippen LogP contribution in [0.2, 0.25) is 0 Å². The van der Waals surface area contributed by atoms with E-state index < -0.39 is 0 Å². The largest absolute Gasteiger partial charge is 0.494 e. The molecule has 3 fully saturated rings. The van der Waals surface area contributed by atoms with Gasteiger partial charge in [0.1, 0.15) is 54.3 Å². The van der Waals surface area contributed by atoms with Gasteiger partial charge in [0.25, 0.3) is 0 Å². The summed E-state index contributed by atoms with van der Waals surface area (Å²) in [4.78, 5) is 79.8. The molecule has 12 aromatic rings. The Hall–Kier alpha value is -11.1. The highest BCUT2D eigenvalue weighted by Crippen LogP contribution is 2.30. The Balaban J connectivity index is 0.000000140. The maximum absolute atomic E-state index is 12.5. The first kappa shape index (κ1) is 80.5. The molecule has 4 N–H and O–H groups in total. The molecule has 9 aromatic heterocycles. The number of aryl methyl sites for hydroxylation is 6. The maximum Gasteiger partial charge on any atom is 0.161 e. The number of anilines is 8. The molecular weight excluding hydrogens is 1400 g/mol. The van der Waals surface area contributed by atoms with Crippen LogP contribution in [-0.2, 0) is 40.0 Å². The number of carbonyl (C=O) groups is 1. The normalized spacial score (nSPS) is 14.2. The number of nitrogens with zero attached hydrogens (tertiary/aromatic N) is 17. The Morgan fingerprint density at radius 1 is 0.411 bits per heavy atom. The number of aromatic nitrogens is 13. The van der Waals surface area contributed by atoms with Crippen LogP contribution >= 0.6 is 0 Å². The average Bonchev–Trinajstić information content (AvgIpc) is 0.824. The van der Waals surface area contributed by atoms with Crippen LogP contribution in [0.4, 0.5) is 46.0 Å². The fourth-order valence-corrected chi connectivity index (χ4v) is 13.4.